The maximum absolute atomic E-state index is 13.5. The molecule has 204 valence electrons. The second-order valence-electron chi connectivity index (χ2n) is 9.72. The molecule has 1 heterocycles. The smallest absolute Gasteiger partial charge is 0.343 e. The van der Waals surface area contributed by atoms with Crippen LogP contribution in [-0.2, 0) is 9.59 Å². The highest BCUT2D eigenvalue weighted by Crippen LogP contribution is 2.47. The molecular weight excluding hydrogens is 572 g/mol. The lowest BCUT2D eigenvalue weighted by atomic mass is 9.93. The number of amides is 4. The molecule has 2 aromatic rings. The highest BCUT2D eigenvalue weighted by Gasteiger charge is 2.49. The van der Waals surface area contributed by atoms with Gasteiger partial charge in [-0.1, -0.05) is 22.4 Å². The number of methoxy groups -OCH3 is 3. The summed E-state index contributed by atoms with van der Waals surface area (Å²) >= 11 is 3.39. The molecule has 3 aliphatic rings. The standard InChI is InChI=1S/C28H27BrN2O8/c1-36-22-12-17(13-23(37-2)24(22)38-3)27(34)39-21-7-6-18(29)10-16(21)11-19-25(32)30-28(35)31(26(19)33)20-9-14-4-5-15(20)8-14/h6-7,10-15,20H,4-5,8-9H2,1-3H3,(H,30,32,35)/b19-11-/t14-,15-,20-/m0/s1. The Labute approximate surface area is 233 Å². The Kier molecular flexibility index (Phi) is 7.35. The highest BCUT2D eigenvalue weighted by atomic mass is 79.9. The Morgan fingerprint density at radius 1 is 0.974 bits per heavy atom. The lowest BCUT2D eigenvalue weighted by Crippen LogP contribution is -2.58. The van der Waals surface area contributed by atoms with Crippen LogP contribution < -0.4 is 24.3 Å². The third-order valence-corrected chi connectivity index (χ3v) is 8.03. The van der Waals surface area contributed by atoms with Crippen LogP contribution in [0.25, 0.3) is 6.08 Å². The monoisotopic (exact) mass is 598 g/mol. The molecule has 1 saturated heterocycles. The maximum Gasteiger partial charge on any atom is 0.343 e. The molecule has 2 bridgehead atoms. The number of esters is 1. The predicted octanol–water partition coefficient (Wildman–Crippen LogP) is 4.34. The SMILES string of the molecule is COc1cc(C(=O)Oc2ccc(Br)cc2/C=C2/C(=O)NC(=O)N([C@H]3C[C@H]4CC[C@H]3C4)C2=O)cc(OC)c1OC. The lowest BCUT2D eigenvalue weighted by molar-refractivity contribution is -0.132. The largest absolute Gasteiger partial charge is 0.493 e. The molecule has 0 radical (unpaired) electrons. The second kappa shape index (κ2) is 10.7. The summed E-state index contributed by atoms with van der Waals surface area (Å²) in [5.41, 5.74) is 0.219. The van der Waals surface area contributed by atoms with E-state index in [1.165, 1.54) is 50.5 Å². The maximum atomic E-state index is 13.5. The van der Waals surface area contributed by atoms with Crippen molar-refractivity contribution >= 4 is 45.8 Å². The van der Waals surface area contributed by atoms with Crippen molar-refractivity contribution in [2.24, 2.45) is 11.8 Å². The minimum Gasteiger partial charge on any atom is -0.493 e. The number of fused-ring (bicyclic) bond motifs is 2. The van der Waals surface area contributed by atoms with Gasteiger partial charge in [0.25, 0.3) is 11.8 Å². The molecule has 0 aromatic heterocycles. The number of carbonyl (C=O) groups excluding carboxylic acids is 4. The van der Waals surface area contributed by atoms with Crippen LogP contribution in [0.4, 0.5) is 4.79 Å². The van der Waals surface area contributed by atoms with Gasteiger partial charge in [0.2, 0.25) is 5.75 Å². The van der Waals surface area contributed by atoms with E-state index in [0.29, 0.717) is 21.7 Å². The van der Waals surface area contributed by atoms with E-state index in [2.05, 4.69) is 21.2 Å². The number of nitrogens with one attached hydrogen (secondary N) is 1. The minimum absolute atomic E-state index is 0.105. The molecule has 1 N–H and O–H groups in total. The van der Waals surface area contributed by atoms with E-state index in [4.69, 9.17) is 18.9 Å². The fourth-order valence-electron chi connectivity index (χ4n) is 5.74. The molecule has 2 aliphatic carbocycles. The summed E-state index contributed by atoms with van der Waals surface area (Å²) in [6.07, 6.45) is 5.14. The molecule has 3 atom stereocenters. The molecule has 2 aromatic carbocycles. The number of halogens is 1. The summed E-state index contributed by atoms with van der Waals surface area (Å²) in [7, 11) is 4.32. The molecule has 2 saturated carbocycles. The van der Waals surface area contributed by atoms with Gasteiger partial charge in [-0.15, -0.1) is 0 Å². The molecule has 4 amide bonds. The molecule has 3 fully saturated rings. The average Bonchev–Trinajstić information content (AvgIpc) is 3.55. The first kappa shape index (κ1) is 26.7. The van der Waals surface area contributed by atoms with Gasteiger partial charge < -0.3 is 18.9 Å². The van der Waals surface area contributed by atoms with Crippen LogP contribution in [-0.4, -0.2) is 56.1 Å². The first-order chi connectivity index (χ1) is 18.7. The number of rotatable bonds is 7. The summed E-state index contributed by atoms with van der Waals surface area (Å²) < 4.78 is 22.3. The van der Waals surface area contributed by atoms with Crippen molar-refractivity contribution in [1.29, 1.82) is 0 Å². The first-order valence-corrected chi connectivity index (χ1v) is 13.3. The molecule has 11 heteroatoms. The quantitative estimate of drug-likeness (QED) is 0.216. The van der Waals surface area contributed by atoms with Crippen molar-refractivity contribution in [2.75, 3.05) is 21.3 Å². The van der Waals surface area contributed by atoms with E-state index in [1.807, 2.05) is 0 Å². The number of imide groups is 2. The molecule has 5 rings (SSSR count). The van der Waals surface area contributed by atoms with Gasteiger partial charge in [0.05, 0.1) is 26.9 Å². The zero-order valence-corrected chi connectivity index (χ0v) is 23.2. The Bertz CT molecular complexity index is 1380. The van der Waals surface area contributed by atoms with Crippen LogP contribution in [0.15, 0.2) is 40.4 Å². The minimum atomic E-state index is -0.800. The number of hydrogen-bond acceptors (Lipinski definition) is 8. The summed E-state index contributed by atoms with van der Waals surface area (Å²) in [6, 6.07) is 6.80. The van der Waals surface area contributed by atoms with Crippen LogP contribution in [0.5, 0.6) is 23.0 Å². The number of carbonyl (C=O) groups is 4. The van der Waals surface area contributed by atoms with Gasteiger partial charge in [-0.25, -0.2) is 9.59 Å². The van der Waals surface area contributed by atoms with Gasteiger partial charge in [0, 0.05) is 16.1 Å². The number of urea groups is 1. The average molecular weight is 599 g/mol. The van der Waals surface area contributed by atoms with E-state index >= 15 is 0 Å². The van der Waals surface area contributed by atoms with Crippen LogP contribution in [0.1, 0.15) is 41.6 Å². The van der Waals surface area contributed by atoms with Gasteiger partial charge in [-0.2, -0.15) is 0 Å². The zero-order valence-electron chi connectivity index (χ0n) is 21.6. The van der Waals surface area contributed by atoms with E-state index in [0.717, 1.165) is 25.7 Å². The van der Waals surface area contributed by atoms with Crippen molar-refractivity contribution in [3.63, 3.8) is 0 Å². The fourth-order valence-corrected chi connectivity index (χ4v) is 6.12. The van der Waals surface area contributed by atoms with Gasteiger partial charge in [0.15, 0.2) is 11.5 Å². The summed E-state index contributed by atoms with van der Waals surface area (Å²) in [6.45, 7) is 0. The predicted molar refractivity (Wildman–Crippen MR) is 143 cm³/mol. The molecule has 0 unspecified atom stereocenters. The molecule has 10 nitrogen and oxygen atoms in total. The van der Waals surface area contributed by atoms with E-state index in [-0.39, 0.29) is 40.3 Å². The normalized spacial score (nSPS) is 23.2. The molecule has 1 aliphatic heterocycles. The van der Waals surface area contributed by atoms with Crippen LogP contribution in [0.3, 0.4) is 0 Å². The van der Waals surface area contributed by atoms with Crippen molar-refractivity contribution in [1.82, 2.24) is 10.2 Å². The van der Waals surface area contributed by atoms with Crippen molar-refractivity contribution in [2.45, 2.75) is 31.7 Å². The molecule has 39 heavy (non-hydrogen) atoms. The van der Waals surface area contributed by atoms with E-state index in [1.54, 1.807) is 12.1 Å². The lowest BCUT2D eigenvalue weighted by Gasteiger charge is -2.35. The number of hydrogen-bond donors (Lipinski definition) is 1. The first-order valence-electron chi connectivity index (χ1n) is 12.5. The summed E-state index contributed by atoms with van der Waals surface area (Å²) in [5.74, 6) is -0.454. The van der Waals surface area contributed by atoms with Gasteiger partial charge >= 0.3 is 12.0 Å². The van der Waals surface area contributed by atoms with Crippen LogP contribution in [0, 0.1) is 11.8 Å². The molecular formula is C28H27BrN2O8. The Hall–Kier alpha value is -3.86. The third-order valence-electron chi connectivity index (χ3n) is 7.54. The van der Waals surface area contributed by atoms with Crippen LogP contribution >= 0.6 is 15.9 Å². The Balaban J connectivity index is 1.46. The van der Waals surface area contributed by atoms with E-state index in [9.17, 15) is 19.2 Å². The van der Waals surface area contributed by atoms with Crippen molar-refractivity contribution in [3.05, 3.63) is 51.5 Å². The van der Waals surface area contributed by atoms with Crippen molar-refractivity contribution in [3.8, 4) is 23.0 Å². The Morgan fingerprint density at radius 2 is 1.69 bits per heavy atom. The van der Waals surface area contributed by atoms with Crippen LogP contribution in [0.2, 0.25) is 0 Å². The number of nitrogens with zero attached hydrogens (tertiary/aromatic N) is 1. The zero-order chi connectivity index (χ0) is 27.8. The number of ether oxygens (including phenoxy) is 4. The number of benzene rings is 2. The van der Waals surface area contributed by atoms with Crippen molar-refractivity contribution < 1.29 is 38.1 Å². The fraction of sp³-hybridized carbons (Fsp3) is 0.357. The van der Waals surface area contributed by atoms with Gasteiger partial charge in [-0.05, 0) is 67.5 Å². The summed E-state index contributed by atoms with van der Waals surface area (Å²) in [5, 5.41) is 2.30. The van der Waals surface area contributed by atoms with Gasteiger partial charge in [-0.3, -0.25) is 19.8 Å². The van der Waals surface area contributed by atoms with Gasteiger partial charge in [0.1, 0.15) is 11.3 Å². The third kappa shape index (κ3) is 4.98. The Morgan fingerprint density at radius 3 is 2.28 bits per heavy atom. The molecule has 0 spiro atoms. The highest BCUT2D eigenvalue weighted by molar-refractivity contribution is 9.10. The number of barbiturate groups is 1. The van der Waals surface area contributed by atoms with E-state index < -0.39 is 23.8 Å². The summed E-state index contributed by atoms with van der Waals surface area (Å²) in [4.78, 5) is 53.3. The second-order valence-corrected chi connectivity index (χ2v) is 10.6. The topological polar surface area (TPSA) is 120 Å².